The van der Waals surface area contributed by atoms with E-state index >= 15 is 0 Å². The van der Waals surface area contributed by atoms with E-state index in [4.69, 9.17) is 5.73 Å². The molecule has 15 heavy (non-hydrogen) atoms. The Morgan fingerprint density at radius 3 is 3.00 bits per heavy atom. The van der Waals surface area contributed by atoms with Gasteiger partial charge in [0.15, 0.2) is 5.96 Å². The lowest BCUT2D eigenvalue weighted by Crippen LogP contribution is -2.32. The molecule has 0 saturated heterocycles. The molecule has 5 heteroatoms. The molecule has 1 aromatic rings. The largest absolute Gasteiger partial charge is 0.370 e. The van der Waals surface area contributed by atoms with Gasteiger partial charge in [-0.05, 0) is 13.8 Å². The van der Waals surface area contributed by atoms with E-state index in [-0.39, 0.29) is 0 Å². The van der Waals surface area contributed by atoms with Crippen molar-refractivity contribution in [2.24, 2.45) is 10.7 Å². The first-order chi connectivity index (χ1) is 7.08. The smallest absolute Gasteiger partial charge is 0.189 e. The fraction of sp³-hybridized carbons (Fsp3) is 0.400. The lowest BCUT2D eigenvalue weighted by atomic mass is 10.3. The van der Waals surface area contributed by atoms with E-state index < -0.39 is 0 Å². The number of aliphatic imine (C=N–C) groups is 1. The third-order valence-electron chi connectivity index (χ3n) is 1.65. The van der Waals surface area contributed by atoms with Crippen molar-refractivity contribution in [3.63, 3.8) is 0 Å². The van der Waals surface area contributed by atoms with E-state index in [1.165, 1.54) is 0 Å². The predicted octanol–water partition coefficient (Wildman–Crippen LogP) is 1.43. The summed E-state index contributed by atoms with van der Waals surface area (Å²) in [5, 5.41) is 4.02. The molecule has 0 unspecified atom stereocenters. The first-order valence-electron chi connectivity index (χ1n) is 4.67. The number of nitrogens with zero attached hydrogens (tertiary/aromatic N) is 2. The Hall–Kier alpha value is -1.36. The molecule has 0 aromatic carbocycles. The monoisotopic (exact) mass is 224 g/mol. The Morgan fingerprint density at radius 2 is 2.47 bits per heavy atom. The number of nitrogens with one attached hydrogen (secondary N) is 1. The number of aryl methyl sites for hydroxylation is 1. The van der Waals surface area contributed by atoms with Gasteiger partial charge < -0.3 is 11.1 Å². The Kier molecular flexibility index (Phi) is 4.30. The first kappa shape index (κ1) is 11.7. The maximum absolute atomic E-state index is 5.66. The fourth-order valence-electron chi connectivity index (χ4n) is 0.939. The van der Waals surface area contributed by atoms with Gasteiger partial charge in [-0.2, -0.15) is 0 Å². The quantitative estimate of drug-likeness (QED) is 0.462. The normalized spacial score (nSPS) is 11.5. The van der Waals surface area contributed by atoms with E-state index in [0.29, 0.717) is 19.0 Å². The highest BCUT2D eigenvalue weighted by atomic mass is 32.1. The van der Waals surface area contributed by atoms with Crippen LogP contribution in [0.4, 0.5) is 0 Å². The van der Waals surface area contributed by atoms with Crippen molar-refractivity contribution in [3.05, 3.63) is 28.2 Å². The first-order valence-corrected chi connectivity index (χ1v) is 5.49. The average molecular weight is 224 g/mol. The van der Waals surface area contributed by atoms with Crippen LogP contribution in [-0.2, 0) is 6.54 Å². The maximum atomic E-state index is 5.66. The second kappa shape index (κ2) is 5.50. The lowest BCUT2D eigenvalue weighted by molar-refractivity contribution is 0.944. The Labute approximate surface area is 93.9 Å². The summed E-state index contributed by atoms with van der Waals surface area (Å²) in [6.07, 6.45) is 1.83. The van der Waals surface area contributed by atoms with E-state index in [2.05, 4.69) is 21.9 Å². The topological polar surface area (TPSA) is 63.3 Å². The van der Waals surface area contributed by atoms with Crippen molar-refractivity contribution >= 4 is 17.3 Å². The number of hydrogen-bond donors (Lipinski definition) is 2. The van der Waals surface area contributed by atoms with Crippen LogP contribution in [0, 0.1) is 6.92 Å². The zero-order valence-electron chi connectivity index (χ0n) is 9.08. The van der Waals surface area contributed by atoms with Crippen molar-refractivity contribution in [2.75, 3.05) is 6.54 Å². The van der Waals surface area contributed by atoms with Gasteiger partial charge in [0.2, 0.25) is 0 Å². The van der Waals surface area contributed by atoms with Gasteiger partial charge in [-0.1, -0.05) is 12.2 Å². The molecule has 0 fully saturated rings. The van der Waals surface area contributed by atoms with Gasteiger partial charge >= 0.3 is 0 Å². The van der Waals surface area contributed by atoms with Gasteiger partial charge in [-0.3, -0.25) is 0 Å². The molecule has 0 saturated carbocycles. The second-order valence-electron chi connectivity index (χ2n) is 3.36. The average Bonchev–Trinajstić information content (AvgIpc) is 2.58. The summed E-state index contributed by atoms with van der Waals surface area (Å²) in [5.41, 5.74) is 6.69. The summed E-state index contributed by atoms with van der Waals surface area (Å²) in [5.74, 6) is 0.448. The Balaban J connectivity index is 2.40. The van der Waals surface area contributed by atoms with Crippen LogP contribution < -0.4 is 11.1 Å². The van der Waals surface area contributed by atoms with Crippen molar-refractivity contribution in [1.29, 1.82) is 0 Å². The van der Waals surface area contributed by atoms with Crippen molar-refractivity contribution in [1.82, 2.24) is 10.3 Å². The summed E-state index contributed by atoms with van der Waals surface area (Å²) in [7, 11) is 0. The van der Waals surface area contributed by atoms with Gasteiger partial charge in [-0.25, -0.2) is 9.98 Å². The number of aromatic nitrogens is 1. The molecule has 0 aliphatic carbocycles. The minimum atomic E-state index is 0.448. The summed E-state index contributed by atoms with van der Waals surface area (Å²) >= 11 is 1.64. The summed E-state index contributed by atoms with van der Waals surface area (Å²) in [6.45, 7) is 8.93. The van der Waals surface area contributed by atoms with Gasteiger partial charge in [0.25, 0.3) is 0 Å². The number of thiazole rings is 1. The van der Waals surface area contributed by atoms with Gasteiger partial charge in [0.05, 0.1) is 11.6 Å². The molecule has 0 aliphatic heterocycles. The zero-order valence-corrected chi connectivity index (χ0v) is 9.90. The molecule has 82 valence electrons. The van der Waals surface area contributed by atoms with Crippen LogP contribution in [0.3, 0.4) is 0 Å². The van der Waals surface area contributed by atoms with Crippen molar-refractivity contribution < 1.29 is 0 Å². The molecule has 0 bridgehead atoms. The van der Waals surface area contributed by atoms with Crippen LogP contribution in [-0.4, -0.2) is 17.5 Å². The number of nitrogens with two attached hydrogens (primary N) is 1. The second-order valence-corrected chi connectivity index (χ2v) is 4.68. The van der Waals surface area contributed by atoms with Gasteiger partial charge in [-0.15, -0.1) is 11.3 Å². The molecule has 0 aliphatic rings. The van der Waals surface area contributed by atoms with E-state index in [1.807, 2.05) is 20.0 Å². The minimum Gasteiger partial charge on any atom is -0.370 e. The summed E-state index contributed by atoms with van der Waals surface area (Å²) < 4.78 is 0. The third kappa shape index (κ3) is 4.60. The van der Waals surface area contributed by atoms with Gasteiger partial charge in [0.1, 0.15) is 0 Å². The zero-order chi connectivity index (χ0) is 11.3. The summed E-state index contributed by atoms with van der Waals surface area (Å²) in [4.78, 5) is 9.45. The number of guanidine groups is 1. The highest BCUT2D eigenvalue weighted by Gasteiger charge is 1.97. The molecular weight excluding hydrogens is 208 g/mol. The van der Waals surface area contributed by atoms with Crippen LogP contribution >= 0.6 is 11.3 Å². The van der Waals surface area contributed by atoms with Crippen molar-refractivity contribution in [2.45, 2.75) is 20.4 Å². The molecule has 1 rings (SSSR count). The van der Waals surface area contributed by atoms with Crippen molar-refractivity contribution in [3.8, 4) is 0 Å². The van der Waals surface area contributed by atoms with E-state index in [1.54, 1.807) is 11.3 Å². The maximum Gasteiger partial charge on any atom is 0.189 e. The fourth-order valence-corrected chi connectivity index (χ4v) is 1.66. The molecule has 4 nitrogen and oxygen atoms in total. The minimum absolute atomic E-state index is 0.448. The summed E-state index contributed by atoms with van der Waals surface area (Å²) in [6, 6.07) is 0. The van der Waals surface area contributed by atoms with Gasteiger partial charge in [0, 0.05) is 17.6 Å². The third-order valence-corrected chi connectivity index (χ3v) is 2.54. The highest BCUT2D eigenvalue weighted by Crippen LogP contribution is 2.11. The number of hydrogen-bond acceptors (Lipinski definition) is 3. The standard InChI is InChI=1S/C10H16N4S/c1-7(2)4-13-10(11)14-6-9-5-12-8(3)15-9/h5H,1,4,6H2,2-3H3,(H3,11,13,14). The molecular formula is C10H16N4S. The predicted molar refractivity (Wildman–Crippen MR) is 65.0 cm³/mol. The molecule has 3 N–H and O–H groups in total. The van der Waals surface area contributed by atoms with Crippen LogP contribution in [0.5, 0.6) is 0 Å². The molecule has 1 aromatic heterocycles. The van der Waals surface area contributed by atoms with Crippen LogP contribution in [0.25, 0.3) is 0 Å². The van der Waals surface area contributed by atoms with E-state index in [9.17, 15) is 0 Å². The van der Waals surface area contributed by atoms with Crippen LogP contribution in [0.15, 0.2) is 23.3 Å². The molecule has 0 spiro atoms. The molecule has 1 heterocycles. The molecule has 0 atom stereocenters. The van der Waals surface area contributed by atoms with Crippen LogP contribution in [0.1, 0.15) is 16.8 Å². The van der Waals surface area contributed by atoms with E-state index in [0.717, 1.165) is 15.5 Å². The Bertz CT molecular complexity index is 367. The molecule has 0 radical (unpaired) electrons. The highest BCUT2D eigenvalue weighted by molar-refractivity contribution is 7.11. The van der Waals surface area contributed by atoms with Crippen LogP contribution in [0.2, 0.25) is 0 Å². The lowest BCUT2D eigenvalue weighted by Gasteiger charge is -2.03. The Morgan fingerprint density at radius 1 is 1.73 bits per heavy atom. The SMILES string of the molecule is C=C(C)CNC(N)=NCc1cnc(C)s1. The molecule has 0 amide bonds. The number of rotatable bonds is 4.